The topological polar surface area (TPSA) is 54.5 Å². The van der Waals surface area contributed by atoms with Gasteiger partial charge in [-0.05, 0) is 41.3 Å². The first-order valence-corrected chi connectivity index (χ1v) is 7.82. The van der Waals surface area contributed by atoms with Crippen LogP contribution < -0.4 is 10.1 Å². The number of rotatable bonds is 3. The van der Waals surface area contributed by atoms with Crippen LogP contribution in [0.2, 0.25) is 0 Å². The van der Waals surface area contributed by atoms with Crippen molar-refractivity contribution in [1.82, 2.24) is 9.88 Å². The van der Waals surface area contributed by atoms with E-state index in [1.165, 1.54) is 5.56 Å². The zero-order chi connectivity index (χ0) is 14.7. The third-order valence-corrected chi connectivity index (χ3v) is 4.34. The Labute approximate surface area is 127 Å². The molecule has 3 rings (SSSR count). The Bertz CT molecular complexity index is 598. The highest BCUT2D eigenvalue weighted by Gasteiger charge is 2.30. The molecule has 2 aromatic heterocycles. The van der Waals surface area contributed by atoms with Gasteiger partial charge in [0.1, 0.15) is 0 Å². The second-order valence-electron chi connectivity index (χ2n) is 4.93. The van der Waals surface area contributed by atoms with Crippen molar-refractivity contribution in [3.63, 3.8) is 0 Å². The molecule has 6 heteroatoms. The van der Waals surface area contributed by atoms with Crippen LogP contribution in [-0.2, 0) is 0 Å². The molecule has 0 spiro atoms. The molecule has 1 atom stereocenters. The fraction of sp³-hybridized carbons (Fsp3) is 0.333. The molecule has 0 aliphatic carbocycles. The average molecular weight is 303 g/mol. The maximum absolute atomic E-state index is 12.4. The molecule has 5 nitrogen and oxygen atoms in total. The number of nitrogens with one attached hydrogen (secondary N) is 1. The Kier molecular flexibility index (Phi) is 4.06. The van der Waals surface area contributed by atoms with Gasteiger partial charge in [-0.15, -0.1) is 0 Å². The molecular formula is C15H17N3O2S. The van der Waals surface area contributed by atoms with Crippen molar-refractivity contribution in [2.75, 3.05) is 19.0 Å². The van der Waals surface area contributed by atoms with Crippen LogP contribution in [0.25, 0.3) is 0 Å². The summed E-state index contributed by atoms with van der Waals surface area (Å²) in [7, 11) is 1.57. The number of amides is 2. The first-order valence-electron chi connectivity index (χ1n) is 6.87. The number of methoxy groups -OCH3 is 1. The third-order valence-electron chi connectivity index (χ3n) is 3.64. The number of carbonyl (C=O) groups is 1. The number of carbonyl (C=O) groups excluding carboxylic acids is 1. The molecule has 3 heterocycles. The smallest absolute Gasteiger partial charge is 0.322 e. The zero-order valence-corrected chi connectivity index (χ0v) is 12.6. The van der Waals surface area contributed by atoms with Crippen molar-refractivity contribution in [2.45, 2.75) is 18.9 Å². The summed E-state index contributed by atoms with van der Waals surface area (Å²) in [6.07, 6.45) is 3.66. The van der Waals surface area contributed by atoms with Crippen LogP contribution in [0.15, 0.2) is 35.2 Å². The molecule has 1 aliphatic rings. The van der Waals surface area contributed by atoms with Gasteiger partial charge in [0.25, 0.3) is 0 Å². The molecule has 0 bridgehead atoms. The van der Waals surface area contributed by atoms with E-state index in [0.717, 1.165) is 19.4 Å². The van der Waals surface area contributed by atoms with E-state index < -0.39 is 0 Å². The van der Waals surface area contributed by atoms with Crippen molar-refractivity contribution in [3.8, 4) is 5.88 Å². The Morgan fingerprint density at radius 1 is 1.48 bits per heavy atom. The van der Waals surface area contributed by atoms with E-state index >= 15 is 0 Å². The summed E-state index contributed by atoms with van der Waals surface area (Å²) < 4.78 is 5.01. The highest BCUT2D eigenvalue weighted by atomic mass is 32.1. The van der Waals surface area contributed by atoms with Crippen LogP contribution in [-0.4, -0.2) is 29.6 Å². The first-order chi connectivity index (χ1) is 10.3. The number of urea groups is 1. The van der Waals surface area contributed by atoms with E-state index in [9.17, 15) is 4.79 Å². The van der Waals surface area contributed by atoms with E-state index in [1.807, 2.05) is 4.90 Å². The van der Waals surface area contributed by atoms with Crippen molar-refractivity contribution in [1.29, 1.82) is 0 Å². The molecule has 2 amide bonds. The van der Waals surface area contributed by atoms with Gasteiger partial charge < -0.3 is 15.0 Å². The minimum Gasteiger partial charge on any atom is -0.481 e. The predicted octanol–water partition coefficient (Wildman–Crippen LogP) is 3.52. The van der Waals surface area contributed by atoms with Crippen LogP contribution >= 0.6 is 11.3 Å². The number of hydrogen-bond donors (Lipinski definition) is 1. The van der Waals surface area contributed by atoms with Gasteiger partial charge in [0.2, 0.25) is 5.88 Å². The monoisotopic (exact) mass is 303 g/mol. The molecule has 1 saturated heterocycles. The van der Waals surface area contributed by atoms with Gasteiger partial charge in [0.15, 0.2) is 0 Å². The van der Waals surface area contributed by atoms with E-state index in [-0.39, 0.29) is 12.1 Å². The lowest BCUT2D eigenvalue weighted by atomic mass is 10.1. The molecule has 1 aliphatic heterocycles. The molecule has 2 aromatic rings. The van der Waals surface area contributed by atoms with E-state index in [2.05, 4.69) is 27.1 Å². The Balaban J connectivity index is 1.69. The summed E-state index contributed by atoms with van der Waals surface area (Å²) in [5.41, 5.74) is 1.90. The van der Waals surface area contributed by atoms with Gasteiger partial charge in [-0.2, -0.15) is 11.3 Å². The molecule has 1 N–H and O–H groups in total. The highest BCUT2D eigenvalue weighted by molar-refractivity contribution is 7.07. The number of aromatic nitrogens is 1. The fourth-order valence-corrected chi connectivity index (χ4v) is 3.30. The van der Waals surface area contributed by atoms with Crippen LogP contribution in [0.1, 0.15) is 24.4 Å². The van der Waals surface area contributed by atoms with Gasteiger partial charge in [-0.1, -0.05) is 0 Å². The lowest BCUT2D eigenvalue weighted by Crippen LogP contribution is -2.34. The van der Waals surface area contributed by atoms with Crippen LogP contribution in [0, 0.1) is 0 Å². The second-order valence-corrected chi connectivity index (χ2v) is 5.71. The maximum Gasteiger partial charge on any atom is 0.322 e. The zero-order valence-electron chi connectivity index (χ0n) is 11.8. The summed E-state index contributed by atoms with van der Waals surface area (Å²) in [6, 6.07) is 5.73. The van der Waals surface area contributed by atoms with Crippen molar-refractivity contribution in [3.05, 3.63) is 40.7 Å². The van der Waals surface area contributed by atoms with Crippen molar-refractivity contribution in [2.24, 2.45) is 0 Å². The van der Waals surface area contributed by atoms with Gasteiger partial charge in [0.05, 0.1) is 25.0 Å². The number of nitrogens with zero attached hydrogens (tertiary/aromatic N) is 2. The predicted molar refractivity (Wildman–Crippen MR) is 82.8 cm³/mol. The van der Waals surface area contributed by atoms with Crippen molar-refractivity contribution < 1.29 is 9.53 Å². The molecule has 0 aromatic carbocycles. The Morgan fingerprint density at radius 3 is 3.05 bits per heavy atom. The van der Waals surface area contributed by atoms with E-state index in [0.29, 0.717) is 11.6 Å². The number of thiophene rings is 1. The summed E-state index contributed by atoms with van der Waals surface area (Å²) in [4.78, 5) is 18.4. The Morgan fingerprint density at radius 2 is 2.38 bits per heavy atom. The highest BCUT2D eigenvalue weighted by Crippen LogP contribution is 2.33. The van der Waals surface area contributed by atoms with Gasteiger partial charge >= 0.3 is 6.03 Å². The standard InChI is InChI=1S/C15H17N3O2S/c1-20-14-5-4-12(9-16-14)17-15(19)18-7-2-3-13(18)11-6-8-21-10-11/h4-6,8-10,13H,2-3,7H2,1H3,(H,17,19)/t13-/m1/s1. The second kappa shape index (κ2) is 6.13. The number of ether oxygens (including phenoxy) is 1. The lowest BCUT2D eigenvalue weighted by Gasteiger charge is -2.24. The van der Waals surface area contributed by atoms with Crippen LogP contribution in [0.4, 0.5) is 10.5 Å². The molecule has 0 unspecified atom stereocenters. The SMILES string of the molecule is COc1ccc(NC(=O)N2CCC[C@@H]2c2ccsc2)cn1. The molecule has 0 radical (unpaired) electrons. The van der Waals surface area contributed by atoms with E-state index in [1.54, 1.807) is 36.8 Å². The number of hydrogen-bond acceptors (Lipinski definition) is 4. The van der Waals surface area contributed by atoms with Crippen LogP contribution in [0.5, 0.6) is 5.88 Å². The normalized spacial score (nSPS) is 17.8. The summed E-state index contributed by atoms with van der Waals surface area (Å²) in [6.45, 7) is 0.788. The third kappa shape index (κ3) is 3.00. The quantitative estimate of drug-likeness (QED) is 0.944. The van der Waals surface area contributed by atoms with Gasteiger partial charge in [-0.3, -0.25) is 0 Å². The minimum absolute atomic E-state index is 0.0735. The van der Waals surface area contributed by atoms with E-state index in [4.69, 9.17) is 4.74 Å². The fourth-order valence-electron chi connectivity index (χ4n) is 2.59. The summed E-state index contributed by atoms with van der Waals surface area (Å²) >= 11 is 1.67. The molecule has 1 fully saturated rings. The molecule has 110 valence electrons. The number of anilines is 1. The van der Waals surface area contributed by atoms with Gasteiger partial charge in [-0.25, -0.2) is 9.78 Å². The van der Waals surface area contributed by atoms with Crippen molar-refractivity contribution >= 4 is 23.1 Å². The number of pyridine rings is 1. The van der Waals surface area contributed by atoms with Crippen LogP contribution in [0.3, 0.4) is 0 Å². The van der Waals surface area contributed by atoms with Gasteiger partial charge in [0, 0.05) is 12.6 Å². The maximum atomic E-state index is 12.4. The molecular weight excluding hydrogens is 286 g/mol. The number of likely N-dealkylation sites (tertiary alicyclic amines) is 1. The summed E-state index contributed by atoms with van der Waals surface area (Å²) in [5.74, 6) is 0.533. The largest absolute Gasteiger partial charge is 0.481 e. The molecule has 0 saturated carbocycles. The summed E-state index contributed by atoms with van der Waals surface area (Å²) in [5, 5.41) is 7.07. The Hall–Kier alpha value is -2.08. The first kappa shape index (κ1) is 13.9. The average Bonchev–Trinajstić information content (AvgIpc) is 3.18. The lowest BCUT2D eigenvalue weighted by molar-refractivity contribution is 0.207. The molecule has 21 heavy (non-hydrogen) atoms. The minimum atomic E-state index is -0.0735.